The molecule has 0 aromatic heterocycles. The first-order chi connectivity index (χ1) is 14.8. The fraction of sp³-hybridized carbons (Fsp3) is 0.333. The zero-order chi connectivity index (χ0) is 22.4. The molecule has 3 rings (SSSR count). The van der Waals surface area contributed by atoms with Crippen LogP contribution in [0.4, 0.5) is 0 Å². The van der Waals surface area contributed by atoms with Gasteiger partial charge >= 0.3 is 0 Å². The van der Waals surface area contributed by atoms with E-state index in [1.165, 1.54) is 28.6 Å². The highest BCUT2D eigenvalue weighted by atomic mass is 32.2. The molecule has 1 saturated heterocycles. The normalized spacial score (nSPS) is 15.1. The molecule has 0 saturated carbocycles. The van der Waals surface area contributed by atoms with Gasteiger partial charge in [0.15, 0.2) is 0 Å². The maximum absolute atomic E-state index is 13.1. The van der Waals surface area contributed by atoms with Crippen LogP contribution in [0.2, 0.25) is 0 Å². The van der Waals surface area contributed by atoms with Gasteiger partial charge in [-0.05, 0) is 49.6 Å². The van der Waals surface area contributed by atoms with Crippen molar-refractivity contribution < 1.29 is 13.2 Å². The summed E-state index contributed by atoms with van der Waals surface area (Å²) in [6.07, 6.45) is 6.38. The van der Waals surface area contributed by atoms with Crippen LogP contribution < -0.4 is 0 Å². The second-order valence-corrected chi connectivity index (χ2v) is 9.64. The first-order valence-electron chi connectivity index (χ1n) is 10.1. The Morgan fingerprint density at radius 1 is 1.13 bits per heavy atom. The zero-order valence-corrected chi connectivity index (χ0v) is 18.3. The van der Waals surface area contributed by atoms with E-state index in [9.17, 15) is 13.2 Å². The van der Waals surface area contributed by atoms with E-state index in [2.05, 4.69) is 5.92 Å². The van der Waals surface area contributed by atoms with Crippen molar-refractivity contribution in [1.29, 1.82) is 5.26 Å². The summed E-state index contributed by atoms with van der Waals surface area (Å²) in [7, 11) is -3.65. The number of rotatable bonds is 6. The summed E-state index contributed by atoms with van der Waals surface area (Å²) < 4.78 is 27.2. The molecule has 1 heterocycles. The Morgan fingerprint density at radius 3 is 2.29 bits per heavy atom. The van der Waals surface area contributed by atoms with Crippen LogP contribution in [0.25, 0.3) is 0 Å². The number of hydrogen-bond acceptors (Lipinski definition) is 4. The van der Waals surface area contributed by atoms with Crippen molar-refractivity contribution in [1.82, 2.24) is 9.21 Å². The maximum Gasteiger partial charge on any atom is 0.243 e. The summed E-state index contributed by atoms with van der Waals surface area (Å²) in [5.41, 5.74) is 2.56. The van der Waals surface area contributed by atoms with Crippen LogP contribution in [-0.2, 0) is 21.4 Å². The molecule has 0 N–H and O–H groups in total. The summed E-state index contributed by atoms with van der Waals surface area (Å²) in [6.45, 7) is 3.21. The lowest BCUT2D eigenvalue weighted by Gasteiger charge is -2.33. The van der Waals surface area contributed by atoms with Gasteiger partial charge in [0, 0.05) is 25.6 Å². The first kappa shape index (κ1) is 22.6. The number of amides is 1. The average molecular weight is 436 g/mol. The third kappa shape index (κ3) is 5.32. The molecule has 160 valence electrons. The minimum atomic E-state index is -3.65. The lowest BCUT2D eigenvalue weighted by atomic mass is 9.96. The minimum Gasteiger partial charge on any atom is -0.327 e. The van der Waals surface area contributed by atoms with Crippen molar-refractivity contribution >= 4 is 15.9 Å². The fourth-order valence-electron chi connectivity index (χ4n) is 3.69. The number of hydrogen-bond donors (Lipinski definition) is 0. The van der Waals surface area contributed by atoms with Gasteiger partial charge in [-0.2, -0.15) is 9.57 Å². The summed E-state index contributed by atoms with van der Waals surface area (Å²) in [5, 5.41) is 8.89. The second kappa shape index (κ2) is 9.78. The van der Waals surface area contributed by atoms with Crippen LogP contribution in [0.5, 0.6) is 0 Å². The Kier molecular flexibility index (Phi) is 7.12. The van der Waals surface area contributed by atoms with E-state index in [0.717, 1.165) is 11.1 Å². The molecule has 0 unspecified atom stereocenters. The van der Waals surface area contributed by atoms with Gasteiger partial charge in [0.05, 0.1) is 23.1 Å². The number of terminal acetylenes is 1. The summed E-state index contributed by atoms with van der Waals surface area (Å²) in [4.78, 5) is 14.9. The highest BCUT2D eigenvalue weighted by Crippen LogP contribution is 2.26. The van der Waals surface area contributed by atoms with Crippen LogP contribution in [0.1, 0.15) is 29.5 Å². The molecule has 0 spiro atoms. The summed E-state index contributed by atoms with van der Waals surface area (Å²) in [5.74, 6) is 2.27. The van der Waals surface area contributed by atoms with Crippen LogP contribution >= 0.6 is 0 Å². The summed E-state index contributed by atoms with van der Waals surface area (Å²) in [6, 6.07) is 15.8. The van der Waals surface area contributed by atoms with Crippen LogP contribution in [-0.4, -0.2) is 43.2 Å². The number of carbonyl (C=O) groups excluding carboxylic acids is 1. The SMILES string of the molecule is C#CCN(Cc1ccc(C)cc1)C(=O)C1CCN(S(=O)(=O)c2ccc(C#N)cc2)CC1. The van der Waals surface area contributed by atoms with Gasteiger partial charge in [-0.25, -0.2) is 8.42 Å². The van der Waals surface area contributed by atoms with Crippen molar-refractivity contribution in [2.24, 2.45) is 5.92 Å². The van der Waals surface area contributed by atoms with Crippen molar-refractivity contribution in [3.8, 4) is 18.4 Å². The molecule has 0 atom stereocenters. The molecule has 6 nitrogen and oxygen atoms in total. The van der Waals surface area contributed by atoms with Gasteiger partial charge in [-0.3, -0.25) is 4.79 Å². The zero-order valence-electron chi connectivity index (χ0n) is 17.5. The van der Waals surface area contributed by atoms with Crippen LogP contribution in [0, 0.1) is 36.5 Å². The molecule has 31 heavy (non-hydrogen) atoms. The molecule has 0 aliphatic carbocycles. The van der Waals surface area contributed by atoms with Crippen molar-refractivity contribution in [2.45, 2.75) is 31.2 Å². The number of benzene rings is 2. The number of piperidine rings is 1. The van der Waals surface area contributed by atoms with E-state index in [-0.39, 0.29) is 36.4 Å². The maximum atomic E-state index is 13.1. The third-order valence-electron chi connectivity index (χ3n) is 5.51. The lowest BCUT2D eigenvalue weighted by Crippen LogP contribution is -2.44. The van der Waals surface area contributed by atoms with Crippen molar-refractivity contribution in [2.75, 3.05) is 19.6 Å². The Morgan fingerprint density at radius 2 is 1.74 bits per heavy atom. The predicted molar refractivity (Wildman–Crippen MR) is 118 cm³/mol. The van der Waals surface area contributed by atoms with E-state index < -0.39 is 10.0 Å². The third-order valence-corrected chi connectivity index (χ3v) is 7.43. The van der Waals surface area contributed by atoms with Crippen LogP contribution in [0.15, 0.2) is 53.4 Å². The van der Waals surface area contributed by atoms with Gasteiger partial charge in [0.25, 0.3) is 0 Å². The highest BCUT2D eigenvalue weighted by Gasteiger charge is 2.33. The van der Waals surface area contributed by atoms with E-state index in [1.54, 1.807) is 4.90 Å². The van der Waals surface area contributed by atoms with E-state index >= 15 is 0 Å². The number of nitriles is 1. The first-order valence-corrected chi connectivity index (χ1v) is 11.6. The Balaban J connectivity index is 1.65. The molecule has 7 heteroatoms. The number of nitrogens with zero attached hydrogens (tertiary/aromatic N) is 3. The fourth-order valence-corrected chi connectivity index (χ4v) is 5.16. The predicted octanol–water partition coefficient (Wildman–Crippen LogP) is 2.93. The highest BCUT2D eigenvalue weighted by molar-refractivity contribution is 7.89. The number of aryl methyl sites for hydroxylation is 1. The number of sulfonamides is 1. The Hall–Kier alpha value is -3.13. The Bertz CT molecular complexity index is 1100. The minimum absolute atomic E-state index is 0.0334. The largest absolute Gasteiger partial charge is 0.327 e. The molecule has 1 amide bonds. The lowest BCUT2D eigenvalue weighted by molar-refractivity contribution is -0.136. The van der Waals surface area contributed by atoms with Gasteiger partial charge in [-0.15, -0.1) is 6.42 Å². The topological polar surface area (TPSA) is 81.5 Å². The number of carbonyl (C=O) groups is 1. The second-order valence-electron chi connectivity index (χ2n) is 7.70. The molecule has 1 aliphatic rings. The molecule has 2 aromatic carbocycles. The van der Waals surface area contributed by atoms with Gasteiger partial charge < -0.3 is 4.90 Å². The van der Waals surface area contributed by atoms with Crippen molar-refractivity contribution in [3.05, 3.63) is 65.2 Å². The molecule has 2 aromatic rings. The van der Waals surface area contributed by atoms with E-state index in [4.69, 9.17) is 11.7 Å². The molecular weight excluding hydrogens is 410 g/mol. The van der Waals surface area contributed by atoms with Gasteiger partial charge in [0.1, 0.15) is 0 Å². The Labute approximate surface area is 184 Å². The van der Waals surface area contributed by atoms with E-state index in [1.807, 2.05) is 37.3 Å². The molecule has 0 radical (unpaired) electrons. The van der Waals surface area contributed by atoms with E-state index in [0.29, 0.717) is 24.9 Å². The average Bonchev–Trinajstić information content (AvgIpc) is 2.80. The monoisotopic (exact) mass is 435 g/mol. The molecule has 1 aliphatic heterocycles. The van der Waals surface area contributed by atoms with Gasteiger partial charge in [-0.1, -0.05) is 35.7 Å². The molecular formula is C24H25N3O3S. The summed E-state index contributed by atoms with van der Waals surface area (Å²) >= 11 is 0. The smallest absolute Gasteiger partial charge is 0.243 e. The van der Waals surface area contributed by atoms with Gasteiger partial charge in [0.2, 0.25) is 15.9 Å². The molecule has 0 bridgehead atoms. The quantitative estimate of drug-likeness (QED) is 0.654. The van der Waals surface area contributed by atoms with Crippen LogP contribution in [0.3, 0.4) is 0 Å². The standard InChI is InChI=1S/C24H25N3O3S/c1-3-14-26(18-21-6-4-19(2)5-7-21)24(28)22-12-15-27(16-13-22)31(29,30)23-10-8-20(17-25)9-11-23/h1,4-11,22H,12-16,18H2,2H3. The van der Waals surface area contributed by atoms with Crippen molar-refractivity contribution in [3.63, 3.8) is 0 Å². The molecule has 1 fully saturated rings.